The van der Waals surface area contributed by atoms with Gasteiger partial charge in [-0.3, -0.25) is 0 Å². The summed E-state index contributed by atoms with van der Waals surface area (Å²) in [5.41, 5.74) is 1.76. The molecule has 1 saturated carbocycles. The van der Waals surface area contributed by atoms with Gasteiger partial charge in [-0.15, -0.1) is 0 Å². The average Bonchev–Trinajstić information content (AvgIpc) is 2.50. The van der Waals surface area contributed by atoms with Crippen LogP contribution in [0.3, 0.4) is 0 Å². The molecule has 0 spiro atoms. The van der Waals surface area contributed by atoms with Gasteiger partial charge in [0.25, 0.3) is 0 Å². The molecule has 3 heteroatoms. The maximum absolute atomic E-state index is 12.3. The Hall–Kier alpha value is -1.61. The van der Waals surface area contributed by atoms with Gasteiger partial charge in [0.15, 0.2) is 0 Å². The lowest BCUT2D eigenvalue weighted by molar-refractivity contribution is -0.0238. The van der Waals surface area contributed by atoms with E-state index in [1.807, 2.05) is 24.3 Å². The molecule has 1 N–H and O–H groups in total. The van der Waals surface area contributed by atoms with Gasteiger partial charge in [-0.1, -0.05) is 36.8 Å². The Balaban J connectivity index is 1.79. The van der Waals surface area contributed by atoms with E-state index in [-0.39, 0.29) is 23.6 Å². The summed E-state index contributed by atoms with van der Waals surface area (Å²) < 4.78 is 5.82. The average molecular weight is 286 g/mol. The molecule has 0 heterocycles. The molecule has 2 aliphatic rings. The molecular weight excluding hydrogens is 264 g/mol. The third kappa shape index (κ3) is 2.75. The van der Waals surface area contributed by atoms with Crippen molar-refractivity contribution in [2.75, 3.05) is 0 Å². The van der Waals surface area contributed by atoms with Crippen LogP contribution in [-0.4, -0.2) is 23.3 Å². The molecule has 21 heavy (non-hydrogen) atoms. The molecule has 0 saturated heterocycles. The lowest BCUT2D eigenvalue weighted by Crippen LogP contribution is -2.43. The Bertz CT molecular complexity index is 549. The number of aliphatic hydroxyl groups excluding tert-OH is 1. The lowest BCUT2D eigenvalue weighted by Gasteiger charge is -2.45. The number of carbonyl (C=O) groups excluding carboxylic acids is 1. The fraction of sp³-hybridized carbons (Fsp3) is 0.500. The second-order valence-corrected chi connectivity index (χ2v) is 6.37. The minimum absolute atomic E-state index is 0.0855. The Morgan fingerprint density at radius 1 is 1.29 bits per heavy atom. The van der Waals surface area contributed by atoms with Gasteiger partial charge in [0.2, 0.25) is 0 Å². The summed E-state index contributed by atoms with van der Waals surface area (Å²) in [5.74, 6) is -0.241. The summed E-state index contributed by atoms with van der Waals surface area (Å²) in [6.07, 6.45) is 6.11. The summed E-state index contributed by atoms with van der Waals surface area (Å²) in [4.78, 5) is 12.3. The molecule has 0 aliphatic heterocycles. The predicted octanol–water partition coefficient (Wildman–Crippen LogP) is 3.48. The lowest BCUT2D eigenvalue weighted by atomic mass is 9.64. The van der Waals surface area contributed by atoms with Gasteiger partial charge >= 0.3 is 5.97 Å². The quantitative estimate of drug-likeness (QED) is 0.669. The summed E-state index contributed by atoms with van der Waals surface area (Å²) in [6.45, 7) is 2.17. The molecule has 0 aromatic heterocycles. The summed E-state index contributed by atoms with van der Waals surface area (Å²) in [7, 11) is 0. The molecule has 0 bridgehead atoms. The third-order valence-electron chi connectivity index (χ3n) is 4.97. The summed E-state index contributed by atoms with van der Waals surface area (Å²) >= 11 is 0. The van der Waals surface area contributed by atoms with Crippen LogP contribution in [0.5, 0.6) is 0 Å². The smallest absolute Gasteiger partial charge is 0.338 e. The van der Waals surface area contributed by atoms with Crippen LogP contribution < -0.4 is 0 Å². The number of carbonyl (C=O) groups is 1. The minimum Gasteiger partial charge on any atom is -0.458 e. The van der Waals surface area contributed by atoms with Crippen molar-refractivity contribution < 1.29 is 14.6 Å². The van der Waals surface area contributed by atoms with Crippen molar-refractivity contribution in [2.45, 2.75) is 51.2 Å². The first-order valence-corrected chi connectivity index (χ1v) is 7.75. The highest BCUT2D eigenvalue weighted by Gasteiger charge is 2.44. The highest BCUT2D eigenvalue weighted by atomic mass is 16.5. The standard InChI is InChI=1S/C18H22O3/c1-18-11-10-15(19)12-14(18)8-5-9-16(18)21-17(20)13-6-3-2-4-7-13/h2-4,6-7,12,15-16,19H,5,8-11H2,1H3/t15-,16+,18+/m0/s1. The van der Waals surface area contributed by atoms with Crippen molar-refractivity contribution in [1.82, 2.24) is 0 Å². The second kappa shape index (κ2) is 5.64. The Morgan fingerprint density at radius 2 is 2.05 bits per heavy atom. The molecular formula is C18H22O3. The largest absolute Gasteiger partial charge is 0.458 e. The van der Waals surface area contributed by atoms with E-state index < -0.39 is 0 Å². The van der Waals surface area contributed by atoms with Crippen molar-refractivity contribution in [1.29, 1.82) is 0 Å². The van der Waals surface area contributed by atoms with E-state index >= 15 is 0 Å². The van der Waals surface area contributed by atoms with E-state index in [1.165, 1.54) is 5.57 Å². The number of esters is 1. The predicted molar refractivity (Wildman–Crippen MR) is 80.9 cm³/mol. The van der Waals surface area contributed by atoms with Crippen molar-refractivity contribution in [3.8, 4) is 0 Å². The van der Waals surface area contributed by atoms with Gasteiger partial charge in [0.1, 0.15) is 6.10 Å². The maximum atomic E-state index is 12.3. The van der Waals surface area contributed by atoms with Crippen LogP contribution in [0.4, 0.5) is 0 Å². The highest BCUT2D eigenvalue weighted by molar-refractivity contribution is 5.89. The zero-order valence-electron chi connectivity index (χ0n) is 12.4. The number of rotatable bonds is 2. The van der Waals surface area contributed by atoms with Gasteiger partial charge in [-0.05, 0) is 44.2 Å². The van der Waals surface area contributed by atoms with Crippen LogP contribution >= 0.6 is 0 Å². The normalized spacial score (nSPS) is 32.0. The van der Waals surface area contributed by atoms with Gasteiger partial charge in [-0.2, -0.15) is 0 Å². The van der Waals surface area contributed by atoms with Gasteiger partial charge in [-0.25, -0.2) is 4.79 Å². The maximum Gasteiger partial charge on any atom is 0.338 e. The van der Waals surface area contributed by atoms with E-state index in [2.05, 4.69) is 6.92 Å². The molecule has 1 aromatic carbocycles. The van der Waals surface area contributed by atoms with E-state index in [0.717, 1.165) is 32.1 Å². The zero-order chi connectivity index (χ0) is 14.9. The molecule has 2 aliphatic carbocycles. The first-order valence-electron chi connectivity index (χ1n) is 7.75. The minimum atomic E-state index is -0.336. The molecule has 3 rings (SSSR count). The van der Waals surface area contributed by atoms with Crippen molar-refractivity contribution in [2.24, 2.45) is 5.41 Å². The topological polar surface area (TPSA) is 46.5 Å². The molecule has 0 amide bonds. The van der Waals surface area contributed by atoms with Gasteiger partial charge < -0.3 is 9.84 Å². The molecule has 1 fully saturated rings. The molecule has 3 nitrogen and oxygen atoms in total. The Morgan fingerprint density at radius 3 is 2.81 bits per heavy atom. The van der Waals surface area contributed by atoms with Crippen molar-refractivity contribution >= 4 is 5.97 Å². The first kappa shape index (κ1) is 14.3. The number of benzene rings is 1. The van der Waals surface area contributed by atoms with Gasteiger partial charge in [0.05, 0.1) is 11.7 Å². The fourth-order valence-electron chi connectivity index (χ4n) is 3.61. The molecule has 0 unspecified atom stereocenters. The van der Waals surface area contributed by atoms with E-state index in [9.17, 15) is 9.90 Å². The van der Waals surface area contributed by atoms with Crippen molar-refractivity contribution in [3.63, 3.8) is 0 Å². The van der Waals surface area contributed by atoms with Crippen LogP contribution in [0, 0.1) is 5.41 Å². The summed E-state index contributed by atoms with van der Waals surface area (Å²) in [6, 6.07) is 9.16. The van der Waals surface area contributed by atoms with E-state index in [4.69, 9.17) is 4.74 Å². The van der Waals surface area contributed by atoms with Crippen LogP contribution in [0.1, 0.15) is 49.4 Å². The molecule has 1 aromatic rings. The molecule has 112 valence electrons. The number of ether oxygens (including phenoxy) is 1. The Labute approximate surface area is 125 Å². The number of aliphatic hydroxyl groups is 1. The number of hydrogen-bond donors (Lipinski definition) is 1. The van der Waals surface area contributed by atoms with Crippen LogP contribution in [0.2, 0.25) is 0 Å². The molecule has 0 radical (unpaired) electrons. The van der Waals surface area contributed by atoms with Crippen LogP contribution in [-0.2, 0) is 4.74 Å². The monoisotopic (exact) mass is 286 g/mol. The zero-order valence-corrected chi connectivity index (χ0v) is 12.4. The SMILES string of the molecule is C[C@@]12CC[C@H](O)C=C1CCC[C@H]2OC(=O)c1ccccc1. The third-order valence-corrected chi connectivity index (χ3v) is 4.97. The number of hydrogen-bond acceptors (Lipinski definition) is 3. The number of fused-ring (bicyclic) bond motifs is 1. The summed E-state index contributed by atoms with van der Waals surface area (Å²) in [5, 5.41) is 9.82. The first-order chi connectivity index (χ1) is 10.1. The molecule has 3 atom stereocenters. The van der Waals surface area contributed by atoms with Crippen LogP contribution in [0.15, 0.2) is 42.0 Å². The fourth-order valence-corrected chi connectivity index (χ4v) is 3.61. The van der Waals surface area contributed by atoms with Gasteiger partial charge in [0, 0.05) is 5.41 Å². The van der Waals surface area contributed by atoms with E-state index in [1.54, 1.807) is 12.1 Å². The Kier molecular flexibility index (Phi) is 3.85. The second-order valence-electron chi connectivity index (χ2n) is 6.37. The van der Waals surface area contributed by atoms with E-state index in [0.29, 0.717) is 5.56 Å². The van der Waals surface area contributed by atoms with Crippen molar-refractivity contribution in [3.05, 3.63) is 47.5 Å². The highest BCUT2D eigenvalue weighted by Crippen LogP contribution is 2.48. The van der Waals surface area contributed by atoms with Crippen LogP contribution in [0.25, 0.3) is 0 Å².